The van der Waals surface area contributed by atoms with E-state index in [0.717, 1.165) is 12.0 Å². The van der Waals surface area contributed by atoms with Crippen LogP contribution in [0, 0.1) is 18.7 Å². The molecule has 1 aliphatic rings. The first-order valence-electron chi connectivity index (χ1n) is 9.65. The Morgan fingerprint density at radius 2 is 1.86 bits per heavy atom. The number of rotatable bonds is 5. The van der Waals surface area contributed by atoms with Gasteiger partial charge in [0.25, 0.3) is 0 Å². The Hall–Kier alpha value is -3.28. The summed E-state index contributed by atoms with van der Waals surface area (Å²) in [5.74, 6) is 1.22. The van der Waals surface area contributed by atoms with E-state index in [4.69, 9.17) is 4.84 Å². The van der Waals surface area contributed by atoms with Gasteiger partial charge in [-0.2, -0.15) is 0 Å². The predicted molar refractivity (Wildman–Crippen MR) is 112 cm³/mol. The lowest BCUT2D eigenvalue weighted by atomic mass is 10.0. The third-order valence-corrected chi connectivity index (χ3v) is 5.20. The van der Waals surface area contributed by atoms with E-state index in [1.54, 1.807) is 12.4 Å². The zero-order valence-corrected chi connectivity index (χ0v) is 16.7. The van der Waals surface area contributed by atoms with Crippen LogP contribution in [0.15, 0.2) is 60.0 Å². The van der Waals surface area contributed by atoms with Gasteiger partial charge in [-0.3, -0.25) is 0 Å². The minimum atomic E-state index is -0.316. The zero-order chi connectivity index (χ0) is 20.4. The number of benzene rings is 2. The van der Waals surface area contributed by atoms with E-state index in [2.05, 4.69) is 52.5 Å². The number of halogens is 1. The first-order valence-corrected chi connectivity index (χ1v) is 9.65. The van der Waals surface area contributed by atoms with Gasteiger partial charge in [0, 0.05) is 18.0 Å². The Morgan fingerprint density at radius 3 is 2.59 bits per heavy atom. The summed E-state index contributed by atoms with van der Waals surface area (Å²) in [4.78, 5) is 14.2. The molecule has 0 unspecified atom stereocenters. The lowest BCUT2D eigenvalue weighted by Crippen LogP contribution is -2.16. The van der Waals surface area contributed by atoms with Crippen molar-refractivity contribution in [2.45, 2.75) is 33.2 Å². The van der Waals surface area contributed by atoms with Gasteiger partial charge in [0.1, 0.15) is 5.82 Å². The van der Waals surface area contributed by atoms with Gasteiger partial charge in [-0.15, -0.1) is 0 Å². The van der Waals surface area contributed by atoms with Crippen molar-refractivity contribution in [2.75, 3.05) is 5.32 Å². The van der Waals surface area contributed by atoms with Crippen LogP contribution in [0.3, 0.4) is 0 Å². The molecule has 1 N–H and O–H groups in total. The van der Waals surface area contributed by atoms with Crippen LogP contribution in [0.2, 0.25) is 0 Å². The van der Waals surface area contributed by atoms with Crippen molar-refractivity contribution in [1.29, 1.82) is 0 Å². The molecule has 29 heavy (non-hydrogen) atoms. The molecule has 0 fully saturated rings. The molecule has 0 spiro atoms. The maximum absolute atomic E-state index is 12.9. The first-order chi connectivity index (χ1) is 14.0. The van der Waals surface area contributed by atoms with Crippen LogP contribution in [0.1, 0.15) is 42.1 Å². The van der Waals surface area contributed by atoms with Gasteiger partial charge >= 0.3 is 0 Å². The van der Waals surface area contributed by atoms with Gasteiger partial charge in [0.05, 0.1) is 11.8 Å². The Bertz CT molecular complexity index is 1030. The van der Waals surface area contributed by atoms with Crippen molar-refractivity contribution >= 4 is 11.7 Å². The summed E-state index contributed by atoms with van der Waals surface area (Å²) in [6.45, 7) is 6.17. The Kier molecular flexibility index (Phi) is 5.25. The number of nitrogens with one attached hydrogen (secondary N) is 1. The summed E-state index contributed by atoms with van der Waals surface area (Å²) in [6.07, 6.45) is 4.50. The lowest BCUT2D eigenvalue weighted by Gasteiger charge is -2.19. The molecule has 0 aliphatic heterocycles. The van der Waals surface area contributed by atoms with Crippen LogP contribution in [0.5, 0.6) is 5.75 Å². The molecule has 1 aromatic heterocycles. The molecule has 1 aliphatic carbocycles. The van der Waals surface area contributed by atoms with E-state index in [1.807, 2.05) is 6.92 Å². The fourth-order valence-electron chi connectivity index (χ4n) is 3.58. The number of fused-ring (bicyclic) bond motifs is 1. The number of hydrogen-bond donors (Lipinski definition) is 1. The summed E-state index contributed by atoms with van der Waals surface area (Å²) in [5, 5.41) is 7.55. The number of aromatic nitrogens is 2. The molecule has 1 heterocycles. The molecule has 2 aromatic carbocycles. The fraction of sp³-hybridized carbons (Fsp3) is 0.261. The van der Waals surface area contributed by atoms with Crippen molar-refractivity contribution in [3.05, 3.63) is 82.9 Å². The molecular formula is C23H23FN4O. The second kappa shape index (κ2) is 7.99. The van der Waals surface area contributed by atoms with Gasteiger partial charge in [0.2, 0.25) is 5.95 Å². The summed E-state index contributed by atoms with van der Waals surface area (Å²) in [7, 11) is 0. The van der Waals surface area contributed by atoms with Crippen LogP contribution in [-0.4, -0.2) is 15.7 Å². The molecule has 0 bridgehead atoms. The Morgan fingerprint density at radius 1 is 1.14 bits per heavy atom. The van der Waals surface area contributed by atoms with Crippen LogP contribution in [0.4, 0.5) is 10.3 Å². The molecule has 3 aromatic rings. The molecule has 4 rings (SSSR count). The number of hydrogen-bond acceptors (Lipinski definition) is 5. The number of nitrogens with zero attached hydrogens (tertiary/aromatic N) is 3. The van der Waals surface area contributed by atoms with Crippen molar-refractivity contribution < 1.29 is 9.23 Å². The predicted octanol–water partition coefficient (Wildman–Crippen LogP) is 5.07. The van der Waals surface area contributed by atoms with Gasteiger partial charge < -0.3 is 10.2 Å². The highest BCUT2D eigenvalue weighted by Gasteiger charge is 2.29. The minimum absolute atomic E-state index is 0.201. The van der Waals surface area contributed by atoms with Gasteiger partial charge in [0.15, 0.2) is 5.75 Å². The van der Waals surface area contributed by atoms with E-state index in [-0.39, 0.29) is 11.9 Å². The monoisotopic (exact) mass is 390 g/mol. The number of anilines is 1. The molecule has 6 heteroatoms. The quantitative estimate of drug-likeness (QED) is 0.488. The third kappa shape index (κ3) is 4.26. The lowest BCUT2D eigenvalue weighted by molar-refractivity contribution is 0.340. The van der Waals surface area contributed by atoms with Crippen molar-refractivity contribution in [1.82, 2.24) is 9.97 Å². The molecule has 0 radical (unpaired) electrons. The molecule has 5 nitrogen and oxygen atoms in total. The van der Waals surface area contributed by atoms with Crippen LogP contribution >= 0.6 is 0 Å². The molecule has 2 atom stereocenters. The van der Waals surface area contributed by atoms with E-state index >= 15 is 0 Å². The number of oxime groups is 1. The van der Waals surface area contributed by atoms with Crippen molar-refractivity contribution in [3.63, 3.8) is 0 Å². The second-order valence-electron chi connectivity index (χ2n) is 7.52. The van der Waals surface area contributed by atoms with Crippen LogP contribution in [0.25, 0.3) is 0 Å². The minimum Gasteiger partial charge on any atom is -0.357 e. The highest BCUT2D eigenvalue weighted by molar-refractivity contribution is 5.97. The SMILES string of the molecule is C/C(=N\Oc1ccc(F)cc1)c1cnc(N[C@H]2c3cc(C)ccc3C[C@@H]2C)nc1. The van der Waals surface area contributed by atoms with Crippen molar-refractivity contribution in [3.8, 4) is 5.75 Å². The standard InChI is InChI=1S/C23H23FN4O/c1-14-4-5-17-11-15(2)22(21(17)10-14)27-23-25-12-18(13-26-23)16(3)28-29-20-8-6-19(24)7-9-20/h4-10,12-13,15,22H,11H2,1-3H3,(H,25,26,27)/b28-16+/t15-,22+/m0/s1. The maximum atomic E-state index is 12.9. The average molecular weight is 390 g/mol. The van der Waals surface area contributed by atoms with Crippen molar-refractivity contribution in [2.24, 2.45) is 11.1 Å². The smallest absolute Gasteiger partial charge is 0.223 e. The molecule has 0 saturated carbocycles. The highest BCUT2D eigenvalue weighted by atomic mass is 19.1. The molecule has 0 amide bonds. The summed E-state index contributed by atoms with van der Waals surface area (Å²) in [6, 6.07) is 12.5. The maximum Gasteiger partial charge on any atom is 0.223 e. The van der Waals surface area contributed by atoms with Gasteiger partial charge in [-0.05, 0) is 61.6 Å². The van der Waals surface area contributed by atoms with Crippen LogP contribution in [-0.2, 0) is 6.42 Å². The summed E-state index contributed by atoms with van der Waals surface area (Å²) < 4.78 is 12.9. The molecule has 0 saturated heterocycles. The normalized spacial score (nSPS) is 18.4. The summed E-state index contributed by atoms with van der Waals surface area (Å²) >= 11 is 0. The van der Waals surface area contributed by atoms with E-state index in [9.17, 15) is 4.39 Å². The van der Waals surface area contributed by atoms with E-state index < -0.39 is 0 Å². The largest absolute Gasteiger partial charge is 0.357 e. The second-order valence-corrected chi connectivity index (χ2v) is 7.52. The van der Waals surface area contributed by atoms with Gasteiger partial charge in [-0.25, -0.2) is 14.4 Å². The molecule has 148 valence electrons. The molecular weight excluding hydrogens is 367 g/mol. The topological polar surface area (TPSA) is 59.4 Å². The zero-order valence-electron chi connectivity index (χ0n) is 16.7. The first kappa shape index (κ1) is 19.1. The Labute approximate surface area is 169 Å². The van der Waals surface area contributed by atoms with Gasteiger partial charge in [-0.1, -0.05) is 35.8 Å². The van der Waals surface area contributed by atoms with E-state index in [0.29, 0.717) is 23.3 Å². The number of aryl methyl sites for hydroxylation is 1. The average Bonchev–Trinajstić information content (AvgIpc) is 3.02. The van der Waals surface area contributed by atoms with Crippen LogP contribution < -0.4 is 10.2 Å². The fourth-order valence-corrected chi connectivity index (χ4v) is 3.58. The highest BCUT2D eigenvalue weighted by Crippen LogP contribution is 2.38. The third-order valence-electron chi connectivity index (χ3n) is 5.20. The van der Waals surface area contributed by atoms with E-state index in [1.165, 1.54) is 41.0 Å². The summed E-state index contributed by atoms with van der Waals surface area (Å²) in [5.41, 5.74) is 5.37. The Balaban J connectivity index is 1.45.